The van der Waals surface area contributed by atoms with E-state index in [-0.39, 0.29) is 16.4 Å². The summed E-state index contributed by atoms with van der Waals surface area (Å²) < 4.78 is 6.01. The van der Waals surface area contributed by atoms with Crippen LogP contribution in [0.4, 0.5) is 0 Å². The summed E-state index contributed by atoms with van der Waals surface area (Å²) in [4.78, 5) is 11.0. The molecule has 1 aliphatic rings. The molecule has 0 heterocycles. The van der Waals surface area contributed by atoms with E-state index in [1.165, 1.54) is 11.1 Å². The number of benzene rings is 2. The molecule has 0 unspecified atom stereocenters. The van der Waals surface area contributed by atoms with E-state index in [0.29, 0.717) is 6.61 Å². The zero-order valence-corrected chi connectivity index (χ0v) is 17.8. The Morgan fingerprint density at radius 2 is 1.62 bits per heavy atom. The van der Waals surface area contributed by atoms with E-state index < -0.39 is 5.97 Å². The normalized spacial score (nSPS) is 17.0. The number of rotatable bonds is 6. The van der Waals surface area contributed by atoms with Crippen molar-refractivity contribution >= 4 is 18.1 Å². The Bertz CT molecular complexity index is 947. The Balaban J connectivity index is 2.04. The van der Waals surface area contributed by atoms with Gasteiger partial charge in [-0.1, -0.05) is 64.6 Å². The number of carbonyl (C=O) groups is 1. The summed E-state index contributed by atoms with van der Waals surface area (Å²) in [5.74, 6) is -0.0620. The van der Waals surface area contributed by atoms with E-state index in [1.807, 2.05) is 24.3 Å². The SMILES string of the molecule is C=CCOc1cc2c(cc1C=Cc1ccc(C(=O)O)cc1)C(C)(C)CCC2(C)C. The number of ether oxygens (including phenoxy) is 1. The van der Waals surface area contributed by atoms with Gasteiger partial charge in [0.15, 0.2) is 0 Å². The van der Waals surface area contributed by atoms with E-state index in [4.69, 9.17) is 9.84 Å². The Labute approximate surface area is 173 Å². The van der Waals surface area contributed by atoms with Crippen LogP contribution < -0.4 is 4.74 Å². The van der Waals surface area contributed by atoms with E-state index in [2.05, 4.69) is 46.4 Å². The van der Waals surface area contributed by atoms with Crippen LogP contribution >= 0.6 is 0 Å². The van der Waals surface area contributed by atoms with Crippen molar-refractivity contribution < 1.29 is 14.6 Å². The van der Waals surface area contributed by atoms with Crippen molar-refractivity contribution in [1.29, 1.82) is 0 Å². The smallest absolute Gasteiger partial charge is 0.335 e. The predicted molar refractivity (Wildman–Crippen MR) is 120 cm³/mol. The highest BCUT2D eigenvalue weighted by atomic mass is 16.5. The Morgan fingerprint density at radius 3 is 2.17 bits per heavy atom. The van der Waals surface area contributed by atoms with Crippen LogP contribution in [-0.2, 0) is 10.8 Å². The van der Waals surface area contributed by atoms with Gasteiger partial charge in [-0.25, -0.2) is 4.79 Å². The molecule has 3 rings (SSSR count). The summed E-state index contributed by atoms with van der Waals surface area (Å²) >= 11 is 0. The first-order valence-electron chi connectivity index (χ1n) is 10.1. The summed E-state index contributed by atoms with van der Waals surface area (Å²) in [6.45, 7) is 13.4. The fourth-order valence-electron chi connectivity index (χ4n) is 3.94. The third-order valence-corrected chi connectivity index (χ3v) is 5.95. The van der Waals surface area contributed by atoms with Crippen LogP contribution in [-0.4, -0.2) is 17.7 Å². The maximum atomic E-state index is 11.0. The summed E-state index contributed by atoms with van der Waals surface area (Å²) in [5.41, 5.74) is 5.23. The van der Waals surface area contributed by atoms with Crippen LogP contribution in [0.1, 0.15) is 73.1 Å². The summed E-state index contributed by atoms with van der Waals surface area (Å²) in [6, 6.07) is 11.3. The lowest BCUT2D eigenvalue weighted by atomic mass is 9.63. The fourth-order valence-corrected chi connectivity index (χ4v) is 3.94. The molecule has 0 spiro atoms. The van der Waals surface area contributed by atoms with Crippen molar-refractivity contribution in [3.63, 3.8) is 0 Å². The average molecular weight is 391 g/mol. The zero-order chi connectivity index (χ0) is 21.2. The second kappa shape index (κ2) is 7.90. The van der Waals surface area contributed by atoms with Gasteiger partial charge in [0.1, 0.15) is 12.4 Å². The van der Waals surface area contributed by atoms with Crippen molar-refractivity contribution in [3.05, 3.63) is 76.9 Å². The topological polar surface area (TPSA) is 46.5 Å². The monoisotopic (exact) mass is 390 g/mol. The quantitative estimate of drug-likeness (QED) is 0.454. The lowest BCUT2D eigenvalue weighted by Crippen LogP contribution is -2.34. The van der Waals surface area contributed by atoms with E-state index >= 15 is 0 Å². The van der Waals surface area contributed by atoms with Crippen LogP contribution in [0, 0.1) is 0 Å². The summed E-state index contributed by atoms with van der Waals surface area (Å²) in [6.07, 6.45) is 8.10. The molecule has 1 N–H and O–H groups in total. The minimum Gasteiger partial charge on any atom is -0.489 e. The molecular weight excluding hydrogens is 360 g/mol. The number of hydrogen-bond donors (Lipinski definition) is 1. The molecule has 0 radical (unpaired) electrons. The first-order chi connectivity index (χ1) is 13.6. The third kappa shape index (κ3) is 4.45. The second-order valence-electron chi connectivity index (χ2n) is 9.06. The van der Waals surface area contributed by atoms with Gasteiger partial charge >= 0.3 is 5.97 Å². The van der Waals surface area contributed by atoms with Crippen molar-refractivity contribution in [3.8, 4) is 5.75 Å². The maximum Gasteiger partial charge on any atom is 0.335 e. The Kier molecular flexibility index (Phi) is 5.70. The molecule has 0 saturated carbocycles. The summed E-state index contributed by atoms with van der Waals surface area (Å²) in [7, 11) is 0. The van der Waals surface area contributed by atoms with Crippen LogP contribution in [0.3, 0.4) is 0 Å². The summed E-state index contributed by atoms with van der Waals surface area (Å²) in [5, 5.41) is 9.06. The van der Waals surface area contributed by atoms with Crippen LogP contribution in [0.2, 0.25) is 0 Å². The van der Waals surface area contributed by atoms with Gasteiger partial charge in [0, 0.05) is 5.56 Å². The standard InChI is InChI=1S/C26H30O3/c1-6-15-29-23-17-22-21(25(2,3)13-14-26(22,4)5)16-20(23)12-9-18-7-10-19(11-8-18)24(27)28/h6-12,16-17H,1,13-15H2,2-5H3,(H,27,28). The molecule has 152 valence electrons. The van der Waals surface area contributed by atoms with Gasteiger partial charge in [0.05, 0.1) is 5.56 Å². The second-order valence-corrected chi connectivity index (χ2v) is 9.06. The van der Waals surface area contributed by atoms with Crippen molar-refractivity contribution in [2.75, 3.05) is 6.61 Å². The number of fused-ring (bicyclic) bond motifs is 1. The average Bonchev–Trinajstić information content (AvgIpc) is 2.68. The first-order valence-corrected chi connectivity index (χ1v) is 10.1. The minimum atomic E-state index is -0.917. The molecule has 0 atom stereocenters. The Morgan fingerprint density at radius 1 is 1.03 bits per heavy atom. The molecule has 29 heavy (non-hydrogen) atoms. The molecule has 0 bridgehead atoms. The molecule has 2 aromatic carbocycles. The first kappa shape index (κ1) is 20.9. The van der Waals surface area contributed by atoms with Crippen LogP contribution in [0.15, 0.2) is 49.1 Å². The molecule has 3 heteroatoms. The number of carboxylic acid groups (broad SMARTS) is 1. The van der Waals surface area contributed by atoms with Crippen LogP contribution in [0.5, 0.6) is 5.75 Å². The Hall–Kier alpha value is -2.81. The molecule has 0 saturated heterocycles. The van der Waals surface area contributed by atoms with E-state index in [1.54, 1.807) is 18.2 Å². The van der Waals surface area contributed by atoms with Gasteiger partial charge in [0.25, 0.3) is 0 Å². The largest absolute Gasteiger partial charge is 0.489 e. The van der Waals surface area contributed by atoms with Gasteiger partial charge in [-0.15, -0.1) is 0 Å². The van der Waals surface area contributed by atoms with E-state index in [9.17, 15) is 4.79 Å². The maximum absolute atomic E-state index is 11.0. The van der Waals surface area contributed by atoms with Crippen molar-refractivity contribution in [2.24, 2.45) is 0 Å². The molecule has 2 aromatic rings. The number of hydrogen-bond acceptors (Lipinski definition) is 2. The van der Waals surface area contributed by atoms with Gasteiger partial charge in [0.2, 0.25) is 0 Å². The minimum absolute atomic E-state index is 0.117. The molecule has 0 aliphatic heterocycles. The van der Waals surface area contributed by atoms with Gasteiger partial charge < -0.3 is 9.84 Å². The highest BCUT2D eigenvalue weighted by Crippen LogP contribution is 2.47. The molecule has 0 amide bonds. The molecule has 1 aliphatic carbocycles. The van der Waals surface area contributed by atoms with Crippen LogP contribution in [0.25, 0.3) is 12.2 Å². The van der Waals surface area contributed by atoms with Gasteiger partial charge in [-0.2, -0.15) is 0 Å². The lowest BCUT2D eigenvalue weighted by molar-refractivity contribution is 0.0697. The van der Waals surface area contributed by atoms with Crippen molar-refractivity contribution in [2.45, 2.75) is 51.4 Å². The van der Waals surface area contributed by atoms with Gasteiger partial charge in [-0.3, -0.25) is 0 Å². The fraction of sp³-hybridized carbons (Fsp3) is 0.346. The molecule has 0 aromatic heterocycles. The molecular formula is C26H30O3. The van der Waals surface area contributed by atoms with Gasteiger partial charge in [-0.05, 0) is 64.6 Å². The molecule has 3 nitrogen and oxygen atoms in total. The highest BCUT2D eigenvalue weighted by molar-refractivity contribution is 5.88. The predicted octanol–water partition coefficient (Wildman–Crippen LogP) is 6.47. The van der Waals surface area contributed by atoms with Crippen molar-refractivity contribution in [1.82, 2.24) is 0 Å². The highest BCUT2D eigenvalue weighted by Gasteiger charge is 2.37. The number of carboxylic acids is 1. The zero-order valence-electron chi connectivity index (χ0n) is 17.8. The van der Waals surface area contributed by atoms with E-state index in [0.717, 1.165) is 29.7 Å². The number of aromatic carboxylic acids is 1. The third-order valence-electron chi connectivity index (χ3n) is 5.95. The molecule has 0 fully saturated rings. The lowest BCUT2D eigenvalue weighted by Gasteiger charge is -2.42.